The molecular formula is C28H28N8O3. The van der Waals surface area contributed by atoms with Crippen LogP contribution in [0.25, 0.3) is 11.3 Å². The molecule has 0 bridgehead atoms. The van der Waals surface area contributed by atoms with Gasteiger partial charge in [-0.25, -0.2) is 14.6 Å². The first-order valence-electron chi connectivity index (χ1n) is 12.8. The van der Waals surface area contributed by atoms with Gasteiger partial charge < -0.3 is 21.8 Å². The first-order valence-corrected chi connectivity index (χ1v) is 12.8. The summed E-state index contributed by atoms with van der Waals surface area (Å²) < 4.78 is 1.15. The second-order valence-electron chi connectivity index (χ2n) is 9.69. The van der Waals surface area contributed by atoms with Crippen LogP contribution in [0.4, 0.5) is 5.82 Å². The molecule has 1 aliphatic carbocycles. The minimum atomic E-state index is -0.775. The normalized spacial score (nSPS) is 17.4. The molecule has 0 spiro atoms. The summed E-state index contributed by atoms with van der Waals surface area (Å²) in [6, 6.07) is 13.2. The molecule has 39 heavy (non-hydrogen) atoms. The number of pyridine rings is 1. The van der Waals surface area contributed by atoms with Crippen LogP contribution in [0.15, 0.2) is 60.3 Å². The number of carbonyl (C=O) groups excluding carboxylic acids is 3. The molecule has 198 valence electrons. The fourth-order valence-corrected chi connectivity index (χ4v) is 4.78. The van der Waals surface area contributed by atoms with Gasteiger partial charge in [-0.05, 0) is 62.3 Å². The summed E-state index contributed by atoms with van der Waals surface area (Å²) in [5.74, 6) is 5.89. The van der Waals surface area contributed by atoms with Crippen LogP contribution in [0, 0.1) is 17.2 Å². The second-order valence-corrected chi connectivity index (χ2v) is 9.69. The summed E-state index contributed by atoms with van der Waals surface area (Å²) in [5.41, 5.74) is 6.98. The van der Waals surface area contributed by atoms with E-state index in [9.17, 15) is 19.6 Å². The van der Waals surface area contributed by atoms with E-state index in [2.05, 4.69) is 15.3 Å². The summed E-state index contributed by atoms with van der Waals surface area (Å²) in [5, 5.41) is 12.3. The average molecular weight is 525 g/mol. The van der Waals surface area contributed by atoms with Crippen molar-refractivity contribution in [3.63, 3.8) is 0 Å². The van der Waals surface area contributed by atoms with Gasteiger partial charge in [0.2, 0.25) is 0 Å². The van der Waals surface area contributed by atoms with E-state index >= 15 is 0 Å². The van der Waals surface area contributed by atoms with Crippen LogP contribution in [-0.4, -0.2) is 43.8 Å². The maximum Gasteiger partial charge on any atom is 0.269 e. The zero-order chi connectivity index (χ0) is 27.5. The number of benzene rings is 1. The Balaban J connectivity index is 1.45. The predicted octanol–water partition coefficient (Wildman–Crippen LogP) is 2.92. The summed E-state index contributed by atoms with van der Waals surface area (Å²) >= 11 is 0. The van der Waals surface area contributed by atoms with Crippen molar-refractivity contribution < 1.29 is 14.4 Å². The molecule has 3 aromatic rings. The molecule has 3 amide bonds. The Labute approximate surface area is 225 Å². The number of nitrogens with zero attached hydrogens (tertiary/aromatic N) is 5. The Kier molecular flexibility index (Phi) is 7.10. The van der Waals surface area contributed by atoms with Gasteiger partial charge >= 0.3 is 0 Å². The minimum Gasteiger partial charge on any atom is -0.364 e. The molecule has 5 N–H and O–H groups in total. The molecule has 1 atom stereocenters. The number of nitrogens with one attached hydrogen (secondary N) is 1. The average Bonchev–Trinajstić information content (AvgIpc) is 3.71. The number of hydrogen-bond acceptors (Lipinski definition) is 7. The van der Waals surface area contributed by atoms with E-state index in [0.717, 1.165) is 30.4 Å². The van der Waals surface area contributed by atoms with Crippen LogP contribution in [-0.2, 0) is 4.79 Å². The van der Waals surface area contributed by atoms with E-state index in [1.165, 1.54) is 0 Å². The zero-order valence-corrected chi connectivity index (χ0v) is 21.2. The molecule has 1 saturated heterocycles. The third-order valence-electron chi connectivity index (χ3n) is 6.94. The van der Waals surface area contributed by atoms with Gasteiger partial charge in [0, 0.05) is 23.9 Å². The van der Waals surface area contributed by atoms with Gasteiger partial charge in [-0.3, -0.25) is 14.4 Å². The number of aromatic nitrogens is 3. The third kappa shape index (κ3) is 5.36. The molecule has 11 nitrogen and oxygen atoms in total. The van der Waals surface area contributed by atoms with Gasteiger partial charge in [0.15, 0.2) is 11.5 Å². The molecule has 1 aromatic carbocycles. The number of nitrogen functional groups attached to an aromatic ring is 1. The number of nitrogens with two attached hydrogens (primary N) is 2. The molecule has 3 heterocycles. The Morgan fingerprint density at radius 2 is 1.85 bits per heavy atom. The molecule has 2 fully saturated rings. The van der Waals surface area contributed by atoms with E-state index in [1.807, 2.05) is 6.07 Å². The maximum atomic E-state index is 13.3. The number of nitriles is 1. The van der Waals surface area contributed by atoms with Crippen LogP contribution in [0.5, 0.6) is 0 Å². The van der Waals surface area contributed by atoms with Crippen LogP contribution >= 0.6 is 0 Å². The molecule has 1 saturated carbocycles. The minimum absolute atomic E-state index is 0.0114. The molecule has 0 radical (unpaired) electrons. The van der Waals surface area contributed by atoms with Gasteiger partial charge in [0.1, 0.15) is 23.2 Å². The highest BCUT2D eigenvalue weighted by atomic mass is 16.2. The Morgan fingerprint density at radius 1 is 1.08 bits per heavy atom. The number of allylic oxidation sites excluding steroid dienone is 1. The number of rotatable bonds is 7. The fraction of sp³-hybridized carbons (Fsp3) is 0.286. The number of hydrogen-bond donors (Lipinski definition) is 3. The van der Waals surface area contributed by atoms with Crippen molar-refractivity contribution in [3.8, 4) is 17.3 Å². The topological polar surface area (TPSA) is 173 Å². The van der Waals surface area contributed by atoms with Crippen molar-refractivity contribution in [1.29, 1.82) is 5.26 Å². The van der Waals surface area contributed by atoms with Crippen molar-refractivity contribution in [2.45, 2.75) is 38.1 Å². The van der Waals surface area contributed by atoms with Crippen LogP contribution in [0.3, 0.4) is 0 Å². The van der Waals surface area contributed by atoms with Crippen LogP contribution in [0.1, 0.15) is 64.8 Å². The third-order valence-corrected chi connectivity index (χ3v) is 6.94. The monoisotopic (exact) mass is 524 g/mol. The first-order chi connectivity index (χ1) is 18.9. The quantitative estimate of drug-likeness (QED) is 0.242. The second kappa shape index (κ2) is 10.8. The highest BCUT2D eigenvalue weighted by Crippen LogP contribution is 2.36. The lowest BCUT2D eigenvalue weighted by Crippen LogP contribution is -2.41. The van der Waals surface area contributed by atoms with Crippen molar-refractivity contribution in [2.75, 3.05) is 17.7 Å². The lowest BCUT2D eigenvalue weighted by Gasteiger charge is -2.35. The lowest BCUT2D eigenvalue weighted by atomic mass is 10.00. The highest BCUT2D eigenvalue weighted by molar-refractivity contribution is 6.04. The van der Waals surface area contributed by atoms with Crippen molar-refractivity contribution in [2.24, 2.45) is 11.7 Å². The molecule has 2 aromatic heterocycles. The van der Waals surface area contributed by atoms with Gasteiger partial charge in [-0.1, -0.05) is 24.3 Å². The Morgan fingerprint density at radius 3 is 2.49 bits per heavy atom. The number of amides is 3. The number of primary amides is 1. The van der Waals surface area contributed by atoms with E-state index < -0.39 is 11.9 Å². The molecule has 2 aliphatic rings. The molecule has 0 unspecified atom stereocenters. The molecule has 11 heteroatoms. The van der Waals surface area contributed by atoms with E-state index in [-0.39, 0.29) is 34.7 Å². The Bertz CT molecular complexity index is 1480. The first kappa shape index (κ1) is 25.7. The van der Waals surface area contributed by atoms with Crippen LogP contribution < -0.4 is 16.9 Å². The van der Waals surface area contributed by atoms with Gasteiger partial charge in [0.05, 0.1) is 6.04 Å². The number of imidazole rings is 1. The maximum absolute atomic E-state index is 13.3. The SMILES string of the molecule is N#C/C(=C\C1CC1)C(=O)N1CCCC[C@H]1c1nc(-c2ccc(C(=O)Nc3ccccn3)cc2)c(C(N)=O)n1N. The van der Waals surface area contributed by atoms with E-state index in [0.29, 0.717) is 35.7 Å². The Hall–Kier alpha value is -4.98. The summed E-state index contributed by atoms with van der Waals surface area (Å²) in [7, 11) is 0. The van der Waals surface area contributed by atoms with Crippen molar-refractivity contribution >= 4 is 23.5 Å². The van der Waals surface area contributed by atoms with Gasteiger partial charge in [-0.2, -0.15) is 5.26 Å². The summed E-state index contributed by atoms with van der Waals surface area (Å²) in [6.07, 6.45) is 7.47. The molecular weight excluding hydrogens is 496 g/mol. The molecule has 1 aliphatic heterocycles. The number of carbonyl (C=O) groups is 3. The lowest BCUT2D eigenvalue weighted by molar-refractivity contribution is -0.130. The standard InChI is InChI=1S/C28H28N8O3/c29-16-20(15-17-7-8-17)28(39)35-14-4-2-5-21(35)26-34-23(24(25(30)37)36(26)31)18-9-11-19(12-10-18)27(38)33-22-6-1-3-13-32-22/h1,3,6,9-13,15,17,21H,2,4-5,7-8,14,31H2,(H2,30,37)(H,32,33,38)/b20-15+/t21-/m0/s1. The van der Waals surface area contributed by atoms with E-state index in [1.54, 1.807) is 59.6 Å². The number of anilines is 1. The number of likely N-dealkylation sites (tertiary alicyclic amines) is 1. The van der Waals surface area contributed by atoms with Crippen molar-refractivity contribution in [1.82, 2.24) is 19.5 Å². The molecule has 5 rings (SSSR count). The smallest absolute Gasteiger partial charge is 0.269 e. The fourth-order valence-electron chi connectivity index (χ4n) is 4.78. The van der Waals surface area contributed by atoms with Crippen LogP contribution in [0.2, 0.25) is 0 Å². The number of piperidine rings is 1. The largest absolute Gasteiger partial charge is 0.364 e. The summed E-state index contributed by atoms with van der Waals surface area (Å²) in [4.78, 5) is 48.8. The van der Waals surface area contributed by atoms with Gasteiger partial charge in [0.25, 0.3) is 17.7 Å². The van der Waals surface area contributed by atoms with Gasteiger partial charge in [-0.15, -0.1) is 0 Å². The van der Waals surface area contributed by atoms with Crippen molar-refractivity contribution in [3.05, 3.63) is 77.4 Å². The summed E-state index contributed by atoms with van der Waals surface area (Å²) in [6.45, 7) is 0.446. The predicted molar refractivity (Wildman–Crippen MR) is 143 cm³/mol. The zero-order valence-electron chi connectivity index (χ0n) is 21.2. The van der Waals surface area contributed by atoms with E-state index in [4.69, 9.17) is 11.6 Å². The highest BCUT2D eigenvalue weighted by Gasteiger charge is 2.36.